The van der Waals surface area contributed by atoms with Crippen LogP contribution in [0.3, 0.4) is 0 Å². The van der Waals surface area contributed by atoms with E-state index < -0.39 is 0 Å². The van der Waals surface area contributed by atoms with E-state index in [1.165, 1.54) is 13.0 Å². The Morgan fingerprint density at radius 2 is 2.33 bits per heavy atom. The van der Waals surface area contributed by atoms with Crippen molar-refractivity contribution in [3.63, 3.8) is 0 Å². The number of hydrogen-bond acceptors (Lipinski definition) is 2. The zero-order chi connectivity index (χ0) is 8.60. The van der Waals surface area contributed by atoms with Crippen molar-refractivity contribution in [2.45, 2.75) is 19.8 Å². The number of rotatable bonds is 2. The summed E-state index contributed by atoms with van der Waals surface area (Å²) in [4.78, 5) is 13.4. The molecular weight excluding hydrogens is 152 g/mol. The summed E-state index contributed by atoms with van der Waals surface area (Å²) in [6.07, 6.45) is 1.98. The quantitative estimate of drug-likeness (QED) is 0.639. The molecule has 0 saturated carbocycles. The summed E-state index contributed by atoms with van der Waals surface area (Å²) in [6, 6.07) is 0. The van der Waals surface area contributed by atoms with Gasteiger partial charge < -0.3 is 10.2 Å². The molecule has 3 heteroatoms. The standard InChI is InChI=1S/C9H16N2O/c1-2-3-11-6-9(7-11)4-8(12)10-5-9/h2-7H2,1H3,(H,10,12). The molecule has 2 rings (SSSR count). The number of nitrogens with zero attached hydrogens (tertiary/aromatic N) is 1. The number of carbonyl (C=O) groups is 1. The highest BCUT2D eigenvalue weighted by molar-refractivity contribution is 5.79. The van der Waals surface area contributed by atoms with Gasteiger partial charge in [-0.05, 0) is 13.0 Å². The first kappa shape index (κ1) is 8.05. The van der Waals surface area contributed by atoms with Gasteiger partial charge >= 0.3 is 0 Å². The Kier molecular flexibility index (Phi) is 1.83. The van der Waals surface area contributed by atoms with Crippen LogP contribution in [0.2, 0.25) is 0 Å². The number of nitrogens with one attached hydrogen (secondary N) is 1. The van der Waals surface area contributed by atoms with Gasteiger partial charge in [-0.1, -0.05) is 6.92 Å². The summed E-state index contributed by atoms with van der Waals surface area (Å²) in [5.41, 5.74) is 0.326. The van der Waals surface area contributed by atoms with Gasteiger partial charge in [-0.2, -0.15) is 0 Å². The van der Waals surface area contributed by atoms with Crippen molar-refractivity contribution in [1.29, 1.82) is 0 Å². The largest absolute Gasteiger partial charge is 0.355 e. The minimum Gasteiger partial charge on any atom is -0.355 e. The Morgan fingerprint density at radius 3 is 2.83 bits per heavy atom. The fourth-order valence-corrected chi connectivity index (χ4v) is 2.35. The molecule has 1 amide bonds. The van der Waals surface area contributed by atoms with Crippen LogP contribution in [0, 0.1) is 5.41 Å². The normalized spacial score (nSPS) is 27.2. The van der Waals surface area contributed by atoms with Crippen LogP contribution >= 0.6 is 0 Å². The molecule has 2 aliphatic heterocycles. The van der Waals surface area contributed by atoms with Crippen molar-refractivity contribution < 1.29 is 4.79 Å². The molecule has 0 aromatic heterocycles. The van der Waals surface area contributed by atoms with Crippen LogP contribution in [0.1, 0.15) is 19.8 Å². The van der Waals surface area contributed by atoms with E-state index in [2.05, 4.69) is 17.1 Å². The lowest BCUT2D eigenvalue weighted by molar-refractivity contribution is -0.120. The van der Waals surface area contributed by atoms with Gasteiger partial charge in [0.05, 0.1) is 0 Å². The lowest BCUT2D eigenvalue weighted by Gasteiger charge is -2.47. The maximum Gasteiger partial charge on any atom is 0.220 e. The van der Waals surface area contributed by atoms with E-state index in [-0.39, 0.29) is 5.91 Å². The Morgan fingerprint density at radius 1 is 1.58 bits per heavy atom. The van der Waals surface area contributed by atoms with E-state index in [4.69, 9.17) is 0 Å². The first-order valence-electron chi connectivity index (χ1n) is 4.73. The second-order valence-electron chi connectivity index (χ2n) is 4.16. The average molecular weight is 168 g/mol. The number of likely N-dealkylation sites (tertiary alicyclic amines) is 1. The maximum atomic E-state index is 11.0. The molecule has 0 aliphatic carbocycles. The second kappa shape index (κ2) is 2.73. The predicted molar refractivity (Wildman–Crippen MR) is 46.8 cm³/mol. The molecule has 0 bridgehead atoms. The van der Waals surface area contributed by atoms with Gasteiger partial charge in [0.1, 0.15) is 0 Å². The van der Waals surface area contributed by atoms with Gasteiger partial charge in [0, 0.05) is 31.5 Å². The van der Waals surface area contributed by atoms with Crippen LogP contribution in [0.5, 0.6) is 0 Å². The Bertz CT molecular complexity index is 197. The van der Waals surface area contributed by atoms with Gasteiger partial charge in [-0.25, -0.2) is 0 Å². The summed E-state index contributed by atoms with van der Waals surface area (Å²) in [5.74, 6) is 0.242. The second-order valence-corrected chi connectivity index (χ2v) is 4.16. The average Bonchev–Trinajstić information content (AvgIpc) is 2.31. The molecule has 1 spiro atoms. The first-order valence-corrected chi connectivity index (χ1v) is 4.73. The van der Waals surface area contributed by atoms with Crippen LogP contribution in [0.15, 0.2) is 0 Å². The molecule has 2 fully saturated rings. The third kappa shape index (κ3) is 1.22. The topological polar surface area (TPSA) is 32.3 Å². The fraction of sp³-hybridized carbons (Fsp3) is 0.889. The molecule has 0 atom stereocenters. The van der Waals surface area contributed by atoms with Crippen LogP contribution in [-0.4, -0.2) is 37.0 Å². The molecule has 2 heterocycles. The van der Waals surface area contributed by atoms with Crippen molar-refractivity contribution in [1.82, 2.24) is 10.2 Å². The minimum atomic E-state index is 0.242. The molecule has 12 heavy (non-hydrogen) atoms. The van der Waals surface area contributed by atoms with Crippen LogP contribution in [-0.2, 0) is 4.79 Å². The lowest BCUT2D eigenvalue weighted by Crippen LogP contribution is -2.57. The van der Waals surface area contributed by atoms with Gasteiger partial charge in [-0.15, -0.1) is 0 Å². The maximum absolute atomic E-state index is 11.0. The number of amides is 1. The first-order chi connectivity index (χ1) is 5.74. The van der Waals surface area contributed by atoms with Gasteiger partial charge in [0.2, 0.25) is 5.91 Å². The van der Waals surface area contributed by atoms with Crippen molar-refractivity contribution >= 4 is 5.91 Å². The van der Waals surface area contributed by atoms with E-state index in [0.717, 1.165) is 26.1 Å². The highest BCUT2D eigenvalue weighted by Gasteiger charge is 2.47. The summed E-state index contributed by atoms with van der Waals surface area (Å²) >= 11 is 0. The van der Waals surface area contributed by atoms with Crippen molar-refractivity contribution in [3.05, 3.63) is 0 Å². The Hall–Kier alpha value is -0.570. The van der Waals surface area contributed by atoms with Gasteiger partial charge in [-0.3, -0.25) is 4.79 Å². The summed E-state index contributed by atoms with van der Waals surface area (Å²) < 4.78 is 0. The molecular formula is C9H16N2O. The SMILES string of the molecule is CCCN1CC2(CNC(=O)C2)C1. The third-order valence-electron chi connectivity index (χ3n) is 2.85. The highest BCUT2D eigenvalue weighted by atomic mass is 16.1. The van der Waals surface area contributed by atoms with Crippen LogP contribution in [0.25, 0.3) is 0 Å². The van der Waals surface area contributed by atoms with E-state index in [1.807, 2.05) is 0 Å². The fourth-order valence-electron chi connectivity index (χ4n) is 2.35. The van der Waals surface area contributed by atoms with Crippen LogP contribution < -0.4 is 5.32 Å². The molecule has 0 aromatic carbocycles. The lowest BCUT2D eigenvalue weighted by atomic mass is 9.79. The van der Waals surface area contributed by atoms with E-state index in [0.29, 0.717) is 5.41 Å². The minimum absolute atomic E-state index is 0.242. The molecule has 2 aliphatic rings. The number of carbonyl (C=O) groups excluding carboxylic acids is 1. The molecule has 3 nitrogen and oxygen atoms in total. The number of hydrogen-bond donors (Lipinski definition) is 1. The summed E-state index contributed by atoms with van der Waals surface area (Å²) in [7, 11) is 0. The van der Waals surface area contributed by atoms with Crippen molar-refractivity contribution in [3.8, 4) is 0 Å². The van der Waals surface area contributed by atoms with Crippen LogP contribution in [0.4, 0.5) is 0 Å². The van der Waals surface area contributed by atoms with E-state index in [9.17, 15) is 4.79 Å². The zero-order valence-electron chi connectivity index (χ0n) is 7.60. The van der Waals surface area contributed by atoms with Gasteiger partial charge in [0.15, 0.2) is 0 Å². The zero-order valence-corrected chi connectivity index (χ0v) is 7.60. The highest BCUT2D eigenvalue weighted by Crippen LogP contribution is 2.36. The Labute approximate surface area is 73.1 Å². The molecule has 1 N–H and O–H groups in total. The van der Waals surface area contributed by atoms with Crippen molar-refractivity contribution in [2.75, 3.05) is 26.2 Å². The molecule has 0 radical (unpaired) electrons. The smallest absolute Gasteiger partial charge is 0.220 e. The van der Waals surface area contributed by atoms with Gasteiger partial charge in [0.25, 0.3) is 0 Å². The van der Waals surface area contributed by atoms with E-state index in [1.54, 1.807) is 0 Å². The molecule has 0 aromatic rings. The van der Waals surface area contributed by atoms with Crippen molar-refractivity contribution in [2.24, 2.45) is 5.41 Å². The monoisotopic (exact) mass is 168 g/mol. The van der Waals surface area contributed by atoms with E-state index >= 15 is 0 Å². The third-order valence-corrected chi connectivity index (χ3v) is 2.85. The Balaban J connectivity index is 1.83. The molecule has 68 valence electrons. The summed E-state index contributed by atoms with van der Waals surface area (Å²) in [5, 5.41) is 2.91. The molecule has 2 saturated heterocycles. The predicted octanol–water partition coefficient (Wildman–Crippen LogP) is 0.218. The molecule has 0 unspecified atom stereocenters. The summed E-state index contributed by atoms with van der Waals surface area (Å²) in [6.45, 7) is 6.55.